The van der Waals surface area contributed by atoms with E-state index in [2.05, 4.69) is 20.9 Å². The highest BCUT2D eigenvalue weighted by atomic mass is 79.9. The molecule has 4 heteroatoms. The van der Waals surface area contributed by atoms with Crippen LogP contribution >= 0.6 is 15.9 Å². The number of ether oxygens (including phenoxy) is 1. The molecule has 82 valence electrons. The number of nitrogens with zero attached hydrogens (tertiary/aromatic N) is 1. The van der Waals surface area contributed by atoms with Gasteiger partial charge < -0.3 is 10.5 Å². The van der Waals surface area contributed by atoms with Crippen LogP contribution in [0.15, 0.2) is 10.7 Å². The first-order chi connectivity index (χ1) is 7.18. The van der Waals surface area contributed by atoms with Crippen LogP contribution in [0, 0.1) is 12.8 Å². The molecular weight excluding hydrogens is 256 g/mol. The third-order valence-electron chi connectivity index (χ3n) is 2.73. The van der Waals surface area contributed by atoms with Crippen LogP contribution in [-0.4, -0.2) is 11.6 Å². The molecule has 1 heterocycles. The van der Waals surface area contributed by atoms with E-state index < -0.39 is 0 Å². The molecule has 0 saturated heterocycles. The lowest BCUT2D eigenvalue weighted by Crippen LogP contribution is -2.02. The topological polar surface area (TPSA) is 48.1 Å². The molecule has 1 aliphatic rings. The van der Waals surface area contributed by atoms with E-state index in [0.717, 1.165) is 29.0 Å². The lowest BCUT2D eigenvalue weighted by molar-refractivity contribution is 0.289. The first-order valence-electron chi connectivity index (χ1n) is 5.22. The van der Waals surface area contributed by atoms with Crippen molar-refractivity contribution in [1.29, 1.82) is 0 Å². The summed E-state index contributed by atoms with van der Waals surface area (Å²) in [7, 11) is 0. The number of hydrogen-bond acceptors (Lipinski definition) is 3. The monoisotopic (exact) mass is 270 g/mol. The second-order valence-electron chi connectivity index (χ2n) is 4.04. The van der Waals surface area contributed by atoms with E-state index >= 15 is 0 Å². The molecular formula is C11H15BrN2O. The Morgan fingerprint density at radius 3 is 3.00 bits per heavy atom. The van der Waals surface area contributed by atoms with Crippen LogP contribution in [0.1, 0.15) is 24.8 Å². The molecule has 0 aromatic carbocycles. The molecule has 2 N–H and O–H groups in total. The van der Waals surface area contributed by atoms with Crippen molar-refractivity contribution in [3.05, 3.63) is 16.2 Å². The predicted octanol–water partition coefficient (Wildman–Crippen LogP) is 2.91. The minimum Gasteiger partial charge on any atom is -0.477 e. The average molecular weight is 271 g/mol. The summed E-state index contributed by atoms with van der Waals surface area (Å²) in [4.78, 5) is 4.16. The van der Waals surface area contributed by atoms with Crippen LogP contribution in [0.25, 0.3) is 0 Å². The fourth-order valence-electron chi connectivity index (χ4n) is 1.40. The third-order valence-corrected chi connectivity index (χ3v) is 3.67. The molecule has 0 radical (unpaired) electrons. The molecule has 1 aromatic heterocycles. The Balaban J connectivity index is 1.97. The van der Waals surface area contributed by atoms with Gasteiger partial charge in [0, 0.05) is 0 Å². The van der Waals surface area contributed by atoms with Crippen molar-refractivity contribution in [2.75, 3.05) is 12.3 Å². The number of nitrogen functional groups attached to an aromatic ring is 1. The third kappa shape index (κ3) is 2.62. The maximum absolute atomic E-state index is 5.73. The van der Waals surface area contributed by atoms with Gasteiger partial charge in [-0.2, -0.15) is 0 Å². The van der Waals surface area contributed by atoms with Gasteiger partial charge in [-0.25, -0.2) is 4.98 Å². The van der Waals surface area contributed by atoms with Gasteiger partial charge >= 0.3 is 0 Å². The van der Waals surface area contributed by atoms with Gasteiger partial charge in [0.25, 0.3) is 0 Å². The maximum Gasteiger partial charge on any atom is 0.228 e. The van der Waals surface area contributed by atoms with E-state index in [4.69, 9.17) is 10.5 Å². The van der Waals surface area contributed by atoms with E-state index in [1.165, 1.54) is 12.8 Å². The van der Waals surface area contributed by atoms with Gasteiger partial charge in [0.1, 0.15) is 0 Å². The molecule has 1 aliphatic carbocycles. The summed E-state index contributed by atoms with van der Waals surface area (Å²) in [6.07, 6.45) is 5.50. The Kier molecular flexibility index (Phi) is 3.14. The number of pyridine rings is 1. The van der Waals surface area contributed by atoms with E-state index in [0.29, 0.717) is 11.6 Å². The molecule has 3 nitrogen and oxygen atoms in total. The standard InChI is InChI=1S/C11H15BrN2O/c1-7-9(13)6-14-11(10(7)12)15-5-4-8-2-3-8/h6,8H,2-5,13H2,1H3. The van der Waals surface area contributed by atoms with E-state index in [9.17, 15) is 0 Å². The van der Waals surface area contributed by atoms with Crippen molar-refractivity contribution in [3.63, 3.8) is 0 Å². The van der Waals surface area contributed by atoms with Crippen LogP contribution in [0.2, 0.25) is 0 Å². The first kappa shape index (κ1) is 10.7. The van der Waals surface area contributed by atoms with E-state index in [-0.39, 0.29) is 0 Å². The number of rotatable bonds is 4. The van der Waals surface area contributed by atoms with Crippen molar-refractivity contribution in [2.24, 2.45) is 5.92 Å². The van der Waals surface area contributed by atoms with Crippen LogP contribution in [0.4, 0.5) is 5.69 Å². The Morgan fingerprint density at radius 2 is 2.33 bits per heavy atom. The van der Waals surface area contributed by atoms with Gasteiger partial charge in [-0.05, 0) is 40.8 Å². The molecule has 0 spiro atoms. The molecule has 2 rings (SSSR count). The zero-order chi connectivity index (χ0) is 10.8. The van der Waals surface area contributed by atoms with Gasteiger partial charge in [0.05, 0.1) is 23.0 Å². The lowest BCUT2D eigenvalue weighted by Gasteiger charge is -2.09. The number of anilines is 1. The number of halogens is 1. The number of nitrogens with two attached hydrogens (primary N) is 1. The average Bonchev–Trinajstić information content (AvgIpc) is 3.02. The first-order valence-corrected chi connectivity index (χ1v) is 6.01. The Hall–Kier alpha value is -0.770. The molecule has 1 aromatic rings. The van der Waals surface area contributed by atoms with E-state index in [1.807, 2.05) is 6.92 Å². The summed E-state index contributed by atoms with van der Waals surface area (Å²) in [5.41, 5.74) is 7.41. The lowest BCUT2D eigenvalue weighted by atomic mass is 10.2. The quantitative estimate of drug-likeness (QED) is 0.915. The Labute approximate surface area is 98.2 Å². The highest BCUT2D eigenvalue weighted by Gasteiger charge is 2.21. The summed E-state index contributed by atoms with van der Waals surface area (Å²) in [6.45, 7) is 2.70. The Bertz CT molecular complexity index is 364. The van der Waals surface area contributed by atoms with Gasteiger partial charge in [-0.1, -0.05) is 12.8 Å². The Morgan fingerprint density at radius 1 is 1.60 bits per heavy atom. The van der Waals surface area contributed by atoms with Gasteiger partial charge in [0.2, 0.25) is 5.88 Å². The van der Waals surface area contributed by atoms with Gasteiger partial charge in [-0.15, -0.1) is 0 Å². The minimum atomic E-state index is 0.655. The molecule has 0 unspecified atom stereocenters. The highest BCUT2D eigenvalue weighted by Crippen LogP contribution is 2.33. The maximum atomic E-state index is 5.73. The molecule has 0 amide bonds. The highest BCUT2D eigenvalue weighted by molar-refractivity contribution is 9.10. The van der Waals surface area contributed by atoms with Crippen LogP contribution in [0.5, 0.6) is 5.88 Å². The molecule has 1 fully saturated rings. The molecule has 1 saturated carbocycles. The smallest absolute Gasteiger partial charge is 0.228 e. The molecule has 0 atom stereocenters. The van der Waals surface area contributed by atoms with Crippen molar-refractivity contribution < 1.29 is 4.74 Å². The van der Waals surface area contributed by atoms with Gasteiger partial charge in [-0.3, -0.25) is 0 Å². The molecule has 15 heavy (non-hydrogen) atoms. The summed E-state index contributed by atoms with van der Waals surface area (Å²) in [5, 5.41) is 0. The van der Waals surface area contributed by atoms with Crippen molar-refractivity contribution in [3.8, 4) is 5.88 Å². The molecule has 0 bridgehead atoms. The van der Waals surface area contributed by atoms with Crippen LogP contribution in [0.3, 0.4) is 0 Å². The summed E-state index contributed by atoms with van der Waals surface area (Å²) < 4.78 is 6.48. The summed E-state index contributed by atoms with van der Waals surface area (Å²) in [6, 6.07) is 0. The van der Waals surface area contributed by atoms with E-state index in [1.54, 1.807) is 6.20 Å². The largest absolute Gasteiger partial charge is 0.477 e. The van der Waals surface area contributed by atoms with Crippen molar-refractivity contribution in [2.45, 2.75) is 26.2 Å². The SMILES string of the molecule is Cc1c(N)cnc(OCCC2CC2)c1Br. The van der Waals surface area contributed by atoms with Gasteiger partial charge in [0.15, 0.2) is 0 Å². The van der Waals surface area contributed by atoms with Crippen LogP contribution < -0.4 is 10.5 Å². The predicted molar refractivity (Wildman–Crippen MR) is 63.9 cm³/mol. The zero-order valence-electron chi connectivity index (χ0n) is 8.79. The zero-order valence-corrected chi connectivity index (χ0v) is 10.4. The van der Waals surface area contributed by atoms with Crippen LogP contribution in [-0.2, 0) is 0 Å². The second-order valence-corrected chi connectivity index (χ2v) is 4.83. The summed E-state index contributed by atoms with van der Waals surface area (Å²) >= 11 is 3.45. The fraction of sp³-hybridized carbons (Fsp3) is 0.545. The summed E-state index contributed by atoms with van der Waals surface area (Å²) in [5.74, 6) is 1.54. The van der Waals surface area contributed by atoms with Crippen molar-refractivity contribution in [1.82, 2.24) is 4.98 Å². The van der Waals surface area contributed by atoms with Crippen molar-refractivity contribution >= 4 is 21.6 Å². The normalized spacial score (nSPS) is 15.3. The minimum absolute atomic E-state index is 0.655. The second kappa shape index (κ2) is 4.39. The number of aromatic nitrogens is 1. The fourth-order valence-corrected chi connectivity index (χ4v) is 1.84. The number of hydrogen-bond donors (Lipinski definition) is 1. The molecule has 0 aliphatic heterocycles.